The van der Waals surface area contributed by atoms with E-state index in [4.69, 9.17) is 16.3 Å². The average molecular weight is 636 g/mol. The van der Waals surface area contributed by atoms with Crippen LogP contribution in [0.15, 0.2) is 54.7 Å². The molecular weight excluding hydrogens is 609 g/mol. The molecule has 4 aromatic rings. The van der Waals surface area contributed by atoms with Gasteiger partial charge in [0.05, 0.1) is 28.6 Å². The van der Waals surface area contributed by atoms with Gasteiger partial charge in [-0.25, -0.2) is 14.2 Å². The summed E-state index contributed by atoms with van der Waals surface area (Å²) < 4.78 is 21.2. The van der Waals surface area contributed by atoms with E-state index < -0.39 is 29.3 Å². The molecule has 5 rings (SSSR count). The van der Waals surface area contributed by atoms with E-state index in [1.54, 1.807) is 49.9 Å². The number of rotatable bonds is 6. The number of ether oxygens (including phenoxy) is 1. The number of amides is 3. The van der Waals surface area contributed by atoms with Crippen molar-refractivity contribution in [1.29, 1.82) is 0 Å². The fourth-order valence-electron chi connectivity index (χ4n) is 4.42. The average Bonchev–Trinajstić information content (AvgIpc) is 3.42. The number of nitrogens with zero attached hydrogens (tertiary/aromatic N) is 3. The van der Waals surface area contributed by atoms with Gasteiger partial charge in [0.2, 0.25) is 0 Å². The van der Waals surface area contributed by atoms with E-state index in [9.17, 15) is 19.2 Å². The molecule has 2 aromatic carbocycles. The van der Waals surface area contributed by atoms with Gasteiger partial charge in [0.1, 0.15) is 11.3 Å². The maximum Gasteiger partial charge on any atom is 0.410 e. The van der Waals surface area contributed by atoms with Gasteiger partial charge >= 0.3 is 6.09 Å². The first-order chi connectivity index (χ1) is 20.9. The summed E-state index contributed by atoms with van der Waals surface area (Å²) >= 11 is 7.73. The summed E-state index contributed by atoms with van der Waals surface area (Å²) in [6.45, 7) is 6.06. The van der Waals surface area contributed by atoms with Crippen LogP contribution < -0.4 is 10.6 Å². The molecular formula is C31H27ClFN5O5S. The quantitative estimate of drug-likeness (QED) is 0.228. The Bertz CT molecular complexity index is 1770. The maximum atomic E-state index is 15.8. The topological polar surface area (TPSA) is 131 Å². The van der Waals surface area contributed by atoms with Gasteiger partial charge in [-0.1, -0.05) is 35.9 Å². The Morgan fingerprint density at radius 3 is 2.41 bits per heavy atom. The molecule has 10 nitrogen and oxygen atoms in total. The summed E-state index contributed by atoms with van der Waals surface area (Å²) in [6.07, 6.45) is 1.92. The lowest BCUT2D eigenvalue weighted by Crippen LogP contribution is -2.39. The lowest BCUT2D eigenvalue weighted by atomic mass is 10.0. The standard InChI is InChI=1S/C31H27ClFN5O5S/c1-31(2,3)43-30(42)38-13-12-20-24(15-38)44-29(37-20)28(41)36-22-9-5-7-19(26(22)33)18-6-4-8-21(25(18)32)35-27(40)23-11-10-17(16-39)14-34-23/h4-11,14,16H,12-13,15H2,1-3H3,(H,35,40)(H,36,41). The first-order valence-electron chi connectivity index (χ1n) is 13.5. The van der Waals surface area contributed by atoms with E-state index in [0.717, 1.165) is 21.9 Å². The van der Waals surface area contributed by atoms with E-state index in [1.165, 1.54) is 30.5 Å². The van der Waals surface area contributed by atoms with Gasteiger partial charge in [-0.2, -0.15) is 0 Å². The number of nitrogens with one attached hydrogen (secondary N) is 2. The molecule has 44 heavy (non-hydrogen) atoms. The highest BCUT2D eigenvalue weighted by atomic mass is 35.5. The van der Waals surface area contributed by atoms with Crippen LogP contribution in [0, 0.1) is 5.82 Å². The summed E-state index contributed by atoms with van der Waals surface area (Å²) in [7, 11) is 0. The number of aldehydes is 1. The number of halogens is 2. The van der Waals surface area contributed by atoms with Crippen molar-refractivity contribution in [2.24, 2.45) is 0 Å². The summed E-state index contributed by atoms with van der Waals surface area (Å²) in [4.78, 5) is 59.9. The molecule has 0 fully saturated rings. The number of anilines is 2. The fourth-order valence-corrected chi connectivity index (χ4v) is 5.71. The molecule has 3 heterocycles. The van der Waals surface area contributed by atoms with Crippen molar-refractivity contribution < 1.29 is 28.3 Å². The van der Waals surface area contributed by atoms with Gasteiger partial charge in [0, 0.05) is 40.7 Å². The zero-order valence-electron chi connectivity index (χ0n) is 23.9. The first kappa shape index (κ1) is 30.8. The second kappa shape index (κ2) is 12.5. The Kier molecular flexibility index (Phi) is 8.75. The number of carbonyl (C=O) groups excluding carboxylic acids is 4. The fraction of sp³-hybridized carbons (Fsp3) is 0.226. The Morgan fingerprint density at radius 1 is 1.02 bits per heavy atom. The third-order valence-electron chi connectivity index (χ3n) is 6.52. The minimum Gasteiger partial charge on any atom is -0.444 e. The van der Waals surface area contributed by atoms with E-state index in [0.29, 0.717) is 24.8 Å². The monoisotopic (exact) mass is 635 g/mol. The van der Waals surface area contributed by atoms with E-state index >= 15 is 4.39 Å². The lowest BCUT2D eigenvalue weighted by molar-refractivity contribution is 0.0225. The molecule has 0 radical (unpaired) electrons. The third kappa shape index (κ3) is 6.76. The highest BCUT2D eigenvalue weighted by Gasteiger charge is 2.29. The van der Waals surface area contributed by atoms with Crippen LogP contribution in [0.4, 0.5) is 20.6 Å². The van der Waals surface area contributed by atoms with Crippen molar-refractivity contribution in [3.05, 3.63) is 92.4 Å². The van der Waals surface area contributed by atoms with Crippen molar-refractivity contribution in [1.82, 2.24) is 14.9 Å². The molecule has 13 heteroatoms. The number of pyridine rings is 1. The number of fused-ring (bicyclic) bond motifs is 1. The molecule has 0 saturated heterocycles. The number of benzene rings is 2. The molecule has 0 unspecified atom stereocenters. The molecule has 1 aliphatic heterocycles. The summed E-state index contributed by atoms with van der Waals surface area (Å²) in [5.74, 6) is -1.89. The number of aromatic nitrogens is 2. The van der Waals surface area contributed by atoms with Crippen molar-refractivity contribution in [3.63, 3.8) is 0 Å². The van der Waals surface area contributed by atoms with Crippen LogP contribution in [0.5, 0.6) is 0 Å². The molecule has 0 saturated carbocycles. The molecule has 0 aliphatic carbocycles. The van der Waals surface area contributed by atoms with Gasteiger partial charge < -0.3 is 20.3 Å². The Balaban J connectivity index is 1.32. The van der Waals surface area contributed by atoms with Crippen molar-refractivity contribution in [3.8, 4) is 11.1 Å². The maximum absolute atomic E-state index is 15.8. The number of hydrogen-bond acceptors (Lipinski definition) is 8. The predicted molar refractivity (Wildman–Crippen MR) is 165 cm³/mol. The zero-order chi connectivity index (χ0) is 31.6. The van der Waals surface area contributed by atoms with Crippen LogP contribution in [0.1, 0.15) is 62.0 Å². The van der Waals surface area contributed by atoms with Crippen molar-refractivity contribution >= 4 is 58.5 Å². The van der Waals surface area contributed by atoms with Gasteiger partial charge in [-0.3, -0.25) is 19.4 Å². The van der Waals surface area contributed by atoms with Gasteiger partial charge in [-0.05, 0) is 45.0 Å². The molecule has 0 spiro atoms. The summed E-state index contributed by atoms with van der Waals surface area (Å²) in [6, 6.07) is 12.1. The smallest absolute Gasteiger partial charge is 0.410 e. The van der Waals surface area contributed by atoms with Crippen LogP contribution in [0.3, 0.4) is 0 Å². The van der Waals surface area contributed by atoms with Gasteiger partial charge in [-0.15, -0.1) is 11.3 Å². The SMILES string of the molecule is CC(C)(C)OC(=O)N1CCc2nc(C(=O)Nc3cccc(-c4cccc(NC(=O)c5ccc(C=O)cn5)c4Cl)c3F)sc2C1. The van der Waals surface area contributed by atoms with Crippen LogP contribution >= 0.6 is 22.9 Å². The van der Waals surface area contributed by atoms with Gasteiger partial charge in [0.25, 0.3) is 11.8 Å². The molecule has 1 aliphatic rings. The van der Waals surface area contributed by atoms with Crippen molar-refractivity contribution in [2.45, 2.75) is 39.3 Å². The molecule has 226 valence electrons. The van der Waals surface area contributed by atoms with Crippen LogP contribution in [-0.4, -0.2) is 51.2 Å². The number of thiazole rings is 1. The highest BCUT2D eigenvalue weighted by molar-refractivity contribution is 7.13. The minimum absolute atomic E-state index is 0.0642. The number of hydrogen-bond donors (Lipinski definition) is 2. The second-order valence-corrected chi connectivity index (χ2v) is 12.3. The summed E-state index contributed by atoms with van der Waals surface area (Å²) in [5.41, 5.74) is 1.00. The summed E-state index contributed by atoms with van der Waals surface area (Å²) in [5, 5.41) is 5.46. The molecule has 2 aromatic heterocycles. The van der Waals surface area contributed by atoms with Crippen LogP contribution in [0.25, 0.3) is 11.1 Å². The van der Waals surface area contributed by atoms with E-state index in [1.807, 2.05) is 0 Å². The first-order valence-corrected chi connectivity index (χ1v) is 14.7. The Morgan fingerprint density at radius 2 is 1.73 bits per heavy atom. The van der Waals surface area contributed by atoms with E-state index in [2.05, 4.69) is 20.6 Å². The Hall–Kier alpha value is -4.68. The largest absolute Gasteiger partial charge is 0.444 e. The lowest BCUT2D eigenvalue weighted by Gasteiger charge is -2.29. The Labute approximate surface area is 261 Å². The molecule has 3 amide bonds. The second-order valence-electron chi connectivity index (χ2n) is 10.9. The molecule has 0 atom stereocenters. The van der Waals surface area contributed by atoms with Gasteiger partial charge in [0.15, 0.2) is 17.1 Å². The number of carbonyl (C=O) groups is 4. The highest BCUT2D eigenvalue weighted by Crippen LogP contribution is 2.37. The third-order valence-corrected chi connectivity index (χ3v) is 8.00. The van der Waals surface area contributed by atoms with Crippen LogP contribution in [0.2, 0.25) is 5.02 Å². The zero-order valence-corrected chi connectivity index (χ0v) is 25.5. The molecule has 0 bridgehead atoms. The predicted octanol–water partition coefficient (Wildman–Crippen LogP) is 6.61. The van der Waals surface area contributed by atoms with Crippen LogP contribution in [-0.2, 0) is 17.7 Å². The van der Waals surface area contributed by atoms with E-state index in [-0.39, 0.29) is 44.8 Å². The minimum atomic E-state index is -0.727. The van der Waals surface area contributed by atoms with Crippen molar-refractivity contribution in [2.75, 3.05) is 17.2 Å². The molecule has 2 N–H and O–H groups in total. The normalized spacial score (nSPS) is 12.7.